The van der Waals surface area contributed by atoms with Gasteiger partial charge in [-0.25, -0.2) is 4.79 Å². The van der Waals surface area contributed by atoms with Gasteiger partial charge >= 0.3 is 5.69 Å². The quantitative estimate of drug-likeness (QED) is 0.883. The molecule has 2 rings (SSSR count). The van der Waals surface area contributed by atoms with Gasteiger partial charge in [0, 0.05) is 6.20 Å². The Balaban J connectivity index is 2.65. The Morgan fingerprint density at radius 2 is 2.05 bits per heavy atom. The van der Waals surface area contributed by atoms with Crippen LogP contribution in [0.2, 0.25) is 0 Å². The number of aromatic amines is 1. The minimum Gasteiger partial charge on any atom is -0.288 e. The summed E-state index contributed by atoms with van der Waals surface area (Å²) < 4.78 is 1.76. The van der Waals surface area contributed by atoms with Crippen LogP contribution in [0.4, 0.5) is 0 Å². The van der Waals surface area contributed by atoms with Crippen LogP contribution >= 0.6 is 15.9 Å². The highest BCUT2D eigenvalue weighted by molar-refractivity contribution is 9.10. The van der Waals surface area contributed by atoms with E-state index in [4.69, 9.17) is 0 Å². The Hall–Kier alpha value is -1.88. The van der Waals surface area contributed by atoms with Crippen molar-refractivity contribution in [3.05, 3.63) is 79.6 Å². The average molecular weight is 321 g/mol. The summed E-state index contributed by atoms with van der Waals surface area (Å²) in [5, 5.41) is 0. The van der Waals surface area contributed by atoms with Gasteiger partial charge in [0.1, 0.15) is 0 Å². The van der Waals surface area contributed by atoms with E-state index in [1.165, 1.54) is 10.8 Å². The van der Waals surface area contributed by atoms with Gasteiger partial charge in [-0.1, -0.05) is 30.3 Å². The number of nitrogens with zero attached hydrogens (tertiary/aromatic N) is 1. The summed E-state index contributed by atoms with van der Waals surface area (Å²) in [4.78, 5) is 25.5. The Kier molecular flexibility index (Phi) is 3.85. The average Bonchev–Trinajstić information content (AvgIpc) is 2.38. The highest BCUT2D eigenvalue weighted by atomic mass is 79.9. The second-order valence-electron chi connectivity index (χ2n) is 4.18. The molecule has 1 heterocycles. The number of H-pyrrole nitrogens is 1. The van der Waals surface area contributed by atoms with E-state index in [1.807, 2.05) is 31.2 Å². The van der Waals surface area contributed by atoms with Gasteiger partial charge in [-0.15, -0.1) is 6.58 Å². The van der Waals surface area contributed by atoms with E-state index in [9.17, 15) is 9.59 Å². The number of aromatic nitrogens is 2. The molecule has 0 radical (unpaired) electrons. The molecule has 0 saturated carbocycles. The largest absolute Gasteiger partial charge is 0.329 e. The molecule has 1 atom stereocenters. The lowest BCUT2D eigenvalue weighted by Gasteiger charge is -2.18. The summed E-state index contributed by atoms with van der Waals surface area (Å²) >= 11 is 3.13. The van der Waals surface area contributed by atoms with E-state index >= 15 is 0 Å². The third kappa shape index (κ3) is 2.61. The van der Waals surface area contributed by atoms with Crippen LogP contribution in [0.1, 0.15) is 17.2 Å². The first-order chi connectivity index (χ1) is 9.04. The Morgan fingerprint density at radius 3 is 2.68 bits per heavy atom. The maximum Gasteiger partial charge on any atom is 0.329 e. The smallest absolute Gasteiger partial charge is 0.288 e. The number of rotatable bonds is 3. The van der Waals surface area contributed by atoms with Gasteiger partial charge in [0.05, 0.1) is 10.5 Å². The lowest BCUT2D eigenvalue weighted by Crippen LogP contribution is -2.32. The van der Waals surface area contributed by atoms with E-state index in [2.05, 4.69) is 27.5 Å². The van der Waals surface area contributed by atoms with Crippen molar-refractivity contribution in [2.45, 2.75) is 13.0 Å². The molecule has 0 amide bonds. The molecule has 0 aliphatic carbocycles. The molecule has 2 aromatic rings. The fourth-order valence-corrected chi connectivity index (χ4v) is 2.30. The van der Waals surface area contributed by atoms with E-state index in [0.29, 0.717) is 4.47 Å². The van der Waals surface area contributed by atoms with E-state index < -0.39 is 11.2 Å². The highest BCUT2D eigenvalue weighted by Crippen LogP contribution is 2.21. The van der Waals surface area contributed by atoms with Crippen LogP contribution in [0.3, 0.4) is 0 Å². The minimum atomic E-state index is -0.457. The van der Waals surface area contributed by atoms with Crippen molar-refractivity contribution in [3.8, 4) is 0 Å². The molecule has 5 heteroatoms. The fourth-order valence-electron chi connectivity index (χ4n) is 1.98. The molecule has 0 aliphatic rings. The van der Waals surface area contributed by atoms with Crippen molar-refractivity contribution in [3.63, 3.8) is 0 Å². The van der Waals surface area contributed by atoms with Crippen LogP contribution in [0.25, 0.3) is 0 Å². The third-order valence-electron chi connectivity index (χ3n) is 2.95. The summed E-state index contributed by atoms with van der Waals surface area (Å²) in [5.41, 5.74) is 1.13. The molecular weight excluding hydrogens is 308 g/mol. The summed E-state index contributed by atoms with van der Waals surface area (Å²) in [5.74, 6) is 0. The molecule has 1 aromatic carbocycles. The van der Waals surface area contributed by atoms with Gasteiger partial charge in [-0.2, -0.15) is 0 Å². The predicted octanol–water partition coefficient (Wildman–Crippen LogP) is 2.38. The van der Waals surface area contributed by atoms with Crippen molar-refractivity contribution in [1.82, 2.24) is 9.55 Å². The molecule has 1 aromatic heterocycles. The van der Waals surface area contributed by atoms with Crippen LogP contribution in [0, 0.1) is 6.92 Å². The number of halogens is 1. The molecular formula is C14H13BrN2O2. The Labute approximate surface area is 118 Å². The van der Waals surface area contributed by atoms with Crippen LogP contribution < -0.4 is 11.2 Å². The molecule has 4 nitrogen and oxygen atoms in total. The van der Waals surface area contributed by atoms with Gasteiger partial charge in [0.15, 0.2) is 0 Å². The predicted molar refractivity (Wildman–Crippen MR) is 78.5 cm³/mol. The number of hydrogen-bond acceptors (Lipinski definition) is 2. The maximum absolute atomic E-state index is 11.9. The Bertz CT molecular complexity index is 731. The van der Waals surface area contributed by atoms with Crippen LogP contribution in [0.15, 0.2) is 57.2 Å². The number of aryl methyl sites for hydroxylation is 1. The summed E-state index contributed by atoms with van der Waals surface area (Å²) in [6.45, 7) is 5.75. The van der Waals surface area contributed by atoms with Crippen LogP contribution in [0.5, 0.6) is 0 Å². The number of benzene rings is 1. The number of hydrogen-bond donors (Lipinski definition) is 1. The molecule has 98 valence electrons. The van der Waals surface area contributed by atoms with Gasteiger partial charge in [-0.3, -0.25) is 14.3 Å². The second kappa shape index (κ2) is 5.40. The highest BCUT2D eigenvalue weighted by Gasteiger charge is 2.14. The standard InChI is InChI=1S/C14H13BrN2O2/c1-3-12(10-7-5-4-6-9(10)2)17-8-11(15)13(18)16-14(17)19/h3-8,12H,1H2,2H3,(H,16,18,19). The Morgan fingerprint density at radius 1 is 1.37 bits per heavy atom. The zero-order valence-electron chi connectivity index (χ0n) is 10.4. The van der Waals surface area contributed by atoms with Gasteiger partial charge in [-0.05, 0) is 34.0 Å². The first kappa shape index (κ1) is 13.5. The molecule has 0 aliphatic heterocycles. The first-order valence-corrected chi connectivity index (χ1v) is 6.53. The van der Waals surface area contributed by atoms with Crippen molar-refractivity contribution >= 4 is 15.9 Å². The normalized spacial score (nSPS) is 12.1. The van der Waals surface area contributed by atoms with Gasteiger partial charge < -0.3 is 0 Å². The van der Waals surface area contributed by atoms with E-state index in [-0.39, 0.29) is 6.04 Å². The van der Waals surface area contributed by atoms with Crippen LogP contribution in [-0.4, -0.2) is 9.55 Å². The van der Waals surface area contributed by atoms with E-state index in [1.54, 1.807) is 6.08 Å². The van der Waals surface area contributed by atoms with Crippen molar-refractivity contribution < 1.29 is 0 Å². The number of allylic oxidation sites excluding steroid dienone is 1. The summed E-state index contributed by atoms with van der Waals surface area (Å²) in [7, 11) is 0. The number of nitrogens with one attached hydrogen (secondary N) is 1. The summed E-state index contributed by atoms with van der Waals surface area (Å²) in [6.07, 6.45) is 3.16. The molecule has 1 N–H and O–H groups in total. The zero-order chi connectivity index (χ0) is 14.0. The molecule has 0 spiro atoms. The lowest BCUT2D eigenvalue weighted by atomic mass is 10.0. The molecule has 0 fully saturated rings. The zero-order valence-corrected chi connectivity index (χ0v) is 12.0. The van der Waals surface area contributed by atoms with E-state index in [0.717, 1.165) is 11.1 Å². The first-order valence-electron chi connectivity index (χ1n) is 5.73. The van der Waals surface area contributed by atoms with Crippen LogP contribution in [-0.2, 0) is 0 Å². The maximum atomic E-state index is 11.9. The van der Waals surface area contributed by atoms with Gasteiger partial charge in [0.2, 0.25) is 0 Å². The van der Waals surface area contributed by atoms with Gasteiger partial charge in [0.25, 0.3) is 5.56 Å². The monoisotopic (exact) mass is 320 g/mol. The topological polar surface area (TPSA) is 54.9 Å². The lowest BCUT2D eigenvalue weighted by molar-refractivity contribution is 0.638. The minimum absolute atomic E-state index is 0.313. The second-order valence-corrected chi connectivity index (χ2v) is 5.04. The SMILES string of the molecule is C=CC(c1ccccc1C)n1cc(Br)c(=O)[nH]c1=O. The van der Waals surface area contributed by atoms with Crippen molar-refractivity contribution in [2.75, 3.05) is 0 Å². The van der Waals surface area contributed by atoms with Crippen molar-refractivity contribution in [2.24, 2.45) is 0 Å². The summed E-state index contributed by atoms with van der Waals surface area (Å²) in [6, 6.07) is 7.43. The molecule has 19 heavy (non-hydrogen) atoms. The molecule has 1 unspecified atom stereocenters. The third-order valence-corrected chi connectivity index (χ3v) is 3.52. The fraction of sp³-hybridized carbons (Fsp3) is 0.143. The molecule has 0 saturated heterocycles. The van der Waals surface area contributed by atoms with Crippen molar-refractivity contribution in [1.29, 1.82) is 0 Å². The molecule has 0 bridgehead atoms.